The maximum Gasteiger partial charge on any atom is 0.156 e. The van der Waals surface area contributed by atoms with Crippen LogP contribution in [0.15, 0.2) is 24.3 Å². The third-order valence-electron chi connectivity index (χ3n) is 3.49. The number of carbonyl (C=O) groups is 1. The summed E-state index contributed by atoms with van der Waals surface area (Å²) in [6, 6.07) is 0. The highest BCUT2D eigenvalue weighted by molar-refractivity contribution is 5.93. The zero-order valence-electron chi connectivity index (χ0n) is 8.34. The third-order valence-corrected chi connectivity index (χ3v) is 3.49. The lowest BCUT2D eigenvalue weighted by Crippen LogP contribution is -2.20. The molecule has 0 radical (unpaired) electrons. The molecule has 2 unspecified atom stereocenters. The zero-order chi connectivity index (χ0) is 9.64. The van der Waals surface area contributed by atoms with Crippen LogP contribution in [0.3, 0.4) is 0 Å². The van der Waals surface area contributed by atoms with Gasteiger partial charge < -0.3 is 0 Å². The Morgan fingerprint density at radius 3 is 2.92 bits per heavy atom. The van der Waals surface area contributed by atoms with Crippen LogP contribution in [0.25, 0.3) is 0 Å². The van der Waals surface area contributed by atoms with Crippen LogP contribution >= 0.6 is 0 Å². The minimum absolute atomic E-state index is 0.305. The Labute approximate surface area is 79.5 Å². The van der Waals surface area contributed by atoms with Crippen molar-refractivity contribution >= 4 is 5.78 Å². The van der Waals surface area contributed by atoms with Crippen molar-refractivity contribution < 1.29 is 4.79 Å². The Hall–Kier alpha value is -0.850. The number of ketones is 1. The van der Waals surface area contributed by atoms with E-state index in [-0.39, 0.29) is 0 Å². The van der Waals surface area contributed by atoms with Crippen LogP contribution in [0.1, 0.15) is 26.7 Å². The average Bonchev–Trinajstić information content (AvgIpc) is 2.39. The first-order valence-corrected chi connectivity index (χ1v) is 4.90. The fourth-order valence-electron chi connectivity index (χ4n) is 2.93. The Kier molecular flexibility index (Phi) is 1.73. The molecule has 2 atom stereocenters. The van der Waals surface area contributed by atoms with Crippen molar-refractivity contribution in [2.45, 2.75) is 26.7 Å². The van der Waals surface area contributed by atoms with Crippen molar-refractivity contribution in [2.24, 2.45) is 17.3 Å². The highest BCUT2D eigenvalue weighted by atomic mass is 16.1. The molecule has 0 heterocycles. The maximum absolute atomic E-state index is 11.2. The topological polar surface area (TPSA) is 17.1 Å². The summed E-state index contributed by atoms with van der Waals surface area (Å²) in [6.07, 6.45) is 5.68. The first-order chi connectivity index (χ1) is 6.04. The lowest BCUT2D eigenvalue weighted by molar-refractivity contribution is -0.114. The van der Waals surface area contributed by atoms with Gasteiger partial charge in [-0.15, -0.1) is 6.58 Å². The van der Waals surface area contributed by atoms with Crippen LogP contribution in [0.5, 0.6) is 0 Å². The van der Waals surface area contributed by atoms with E-state index in [9.17, 15) is 4.79 Å². The van der Waals surface area contributed by atoms with Gasteiger partial charge in [-0.2, -0.15) is 0 Å². The van der Waals surface area contributed by atoms with Crippen molar-refractivity contribution in [3.8, 4) is 0 Å². The molecule has 0 amide bonds. The molecule has 13 heavy (non-hydrogen) atoms. The van der Waals surface area contributed by atoms with E-state index < -0.39 is 0 Å². The minimum Gasteiger partial charge on any atom is -0.295 e. The van der Waals surface area contributed by atoms with Gasteiger partial charge in [-0.3, -0.25) is 4.79 Å². The number of rotatable bonds is 1. The van der Waals surface area contributed by atoms with Gasteiger partial charge in [-0.25, -0.2) is 0 Å². The van der Waals surface area contributed by atoms with E-state index in [0.29, 0.717) is 23.0 Å². The summed E-state index contributed by atoms with van der Waals surface area (Å²) in [6.45, 7) is 8.42. The van der Waals surface area contributed by atoms with E-state index in [1.165, 1.54) is 5.57 Å². The van der Waals surface area contributed by atoms with Crippen molar-refractivity contribution in [3.05, 3.63) is 24.3 Å². The van der Waals surface area contributed by atoms with E-state index >= 15 is 0 Å². The summed E-state index contributed by atoms with van der Waals surface area (Å²) in [7, 11) is 0. The van der Waals surface area contributed by atoms with Gasteiger partial charge in [0.15, 0.2) is 5.78 Å². The van der Waals surface area contributed by atoms with Crippen molar-refractivity contribution in [1.29, 1.82) is 0 Å². The smallest absolute Gasteiger partial charge is 0.156 e. The Morgan fingerprint density at radius 1 is 1.62 bits per heavy atom. The average molecular weight is 176 g/mol. The molecular formula is C12H16O. The number of fused-ring (bicyclic) bond motifs is 1. The predicted molar refractivity (Wildman–Crippen MR) is 53.3 cm³/mol. The molecule has 0 spiro atoms. The molecule has 0 aliphatic heterocycles. The second-order valence-corrected chi connectivity index (χ2v) is 4.92. The van der Waals surface area contributed by atoms with Gasteiger partial charge in [-0.05, 0) is 29.7 Å². The molecule has 1 nitrogen and oxygen atoms in total. The normalized spacial score (nSPS) is 35.8. The molecule has 2 aliphatic rings. The molecule has 0 aromatic rings. The van der Waals surface area contributed by atoms with E-state index in [0.717, 1.165) is 12.8 Å². The predicted octanol–water partition coefficient (Wildman–Crippen LogP) is 2.73. The fourth-order valence-corrected chi connectivity index (χ4v) is 2.93. The SMILES string of the molecule is C=CC1C2CC(=O)C=C2CC1(C)C. The Balaban J connectivity index is 2.35. The number of allylic oxidation sites excluding steroid dienone is 3. The number of carbonyl (C=O) groups excluding carboxylic acids is 1. The van der Waals surface area contributed by atoms with Gasteiger partial charge in [0.2, 0.25) is 0 Å². The molecule has 0 aromatic heterocycles. The Morgan fingerprint density at radius 2 is 2.31 bits per heavy atom. The number of hydrogen-bond donors (Lipinski definition) is 0. The molecule has 0 N–H and O–H groups in total. The zero-order valence-corrected chi connectivity index (χ0v) is 8.34. The summed E-state index contributed by atoms with van der Waals surface area (Å²) in [5, 5.41) is 0. The highest BCUT2D eigenvalue weighted by Gasteiger charge is 2.46. The van der Waals surface area contributed by atoms with Gasteiger partial charge in [-0.1, -0.05) is 25.5 Å². The monoisotopic (exact) mass is 176 g/mol. The van der Waals surface area contributed by atoms with Crippen LogP contribution in [0, 0.1) is 17.3 Å². The summed E-state index contributed by atoms with van der Waals surface area (Å²) >= 11 is 0. The first-order valence-electron chi connectivity index (χ1n) is 4.90. The molecule has 70 valence electrons. The quantitative estimate of drug-likeness (QED) is 0.561. The van der Waals surface area contributed by atoms with Gasteiger partial charge in [0.25, 0.3) is 0 Å². The standard InChI is InChI=1S/C12H16O/c1-4-11-10-6-9(13)5-8(10)7-12(11,2)3/h4-5,10-11H,1,6-7H2,2-3H3. The molecule has 0 saturated heterocycles. The number of hydrogen-bond acceptors (Lipinski definition) is 1. The molecule has 1 saturated carbocycles. The van der Waals surface area contributed by atoms with Gasteiger partial charge >= 0.3 is 0 Å². The van der Waals surface area contributed by atoms with Crippen molar-refractivity contribution in [3.63, 3.8) is 0 Å². The van der Waals surface area contributed by atoms with Gasteiger partial charge in [0.1, 0.15) is 0 Å². The summed E-state index contributed by atoms with van der Waals surface area (Å²) in [5.41, 5.74) is 1.67. The summed E-state index contributed by atoms with van der Waals surface area (Å²) < 4.78 is 0. The third kappa shape index (κ3) is 1.18. The molecule has 2 aliphatic carbocycles. The molecule has 0 bridgehead atoms. The fraction of sp³-hybridized carbons (Fsp3) is 0.583. The molecule has 2 rings (SSSR count). The molecule has 0 aromatic carbocycles. The van der Waals surface area contributed by atoms with Crippen molar-refractivity contribution in [2.75, 3.05) is 0 Å². The van der Waals surface area contributed by atoms with E-state index in [1.54, 1.807) is 0 Å². The lowest BCUT2D eigenvalue weighted by atomic mass is 9.78. The largest absolute Gasteiger partial charge is 0.295 e. The van der Waals surface area contributed by atoms with Crippen LogP contribution in [0.2, 0.25) is 0 Å². The van der Waals surface area contributed by atoms with Crippen LogP contribution < -0.4 is 0 Å². The molecular weight excluding hydrogens is 160 g/mol. The van der Waals surface area contributed by atoms with Crippen molar-refractivity contribution in [1.82, 2.24) is 0 Å². The first kappa shape index (κ1) is 8.74. The van der Waals surface area contributed by atoms with Crippen LogP contribution in [0.4, 0.5) is 0 Å². The second kappa shape index (κ2) is 2.57. The van der Waals surface area contributed by atoms with Crippen LogP contribution in [-0.4, -0.2) is 5.78 Å². The summed E-state index contributed by atoms with van der Waals surface area (Å²) in [5.74, 6) is 1.27. The maximum atomic E-state index is 11.2. The van der Waals surface area contributed by atoms with Crippen LogP contribution in [-0.2, 0) is 4.79 Å². The Bertz CT molecular complexity index is 296. The van der Waals surface area contributed by atoms with E-state index in [2.05, 4.69) is 20.4 Å². The van der Waals surface area contributed by atoms with E-state index in [1.807, 2.05) is 12.2 Å². The van der Waals surface area contributed by atoms with Gasteiger partial charge in [0, 0.05) is 6.42 Å². The molecule has 1 fully saturated rings. The minimum atomic E-state index is 0.305. The lowest BCUT2D eigenvalue weighted by Gasteiger charge is -2.26. The summed E-state index contributed by atoms with van der Waals surface area (Å²) in [4.78, 5) is 11.2. The second-order valence-electron chi connectivity index (χ2n) is 4.92. The molecule has 1 heteroatoms. The van der Waals surface area contributed by atoms with E-state index in [4.69, 9.17) is 0 Å². The van der Waals surface area contributed by atoms with Gasteiger partial charge in [0.05, 0.1) is 0 Å². The highest BCUT2D eigenvalue weighted by Crippen LogP contribution is 2.53.